The normalized spacial score (nSPS) is 14.9. The van der Waals surface area contributed by atoms with E-state index in [9.17, 15) is 14.0 Å². The Morgan fingerprint density at radius 2 is 1.55 bits per heavy atom. The van der Waals surface area contributed by atoms with Crippen LogP contribution in [-0.4, -0.2) is 49.6 Å². The molecule has 3 aromatic rings. The van der Waals surface area contributed by atoms with E-state index in [2.05, 4.69) is 15.5 Å². The second-order valence-corrected chi connectivity index (χ2v) is 7.79. The number of nitrogens with one attached hydrogen (secondary N) is 2. The van der Waals surface area contributed by atoms with Gasteiger partial charge in [0.15, 0.2) is 0 Å². The van der Waals surface area contributed by atoms with E-state index in [4.69, 9.17) is 4.74 Å². The Labute approximate surface area is 192 Å². The van der Waals surface area contributed by atoms with Crippen LogP contribution in [0.2, 0.25) is 0 Å². The fourth-order valence-corrected chi connectivity index (χ4v) is 3.89. The number of hydrogen-bond acceptors (Lipinski definition) is 4. The first-order chi connectivity index (χ1) is 16.1. The summed E-state index contributed by atoms with van der Waals surface area (Å²) in [6.07, 6.45) is 0. The van der Waals surface area contributed by atoms with Crippen LogP contribution in [0.4, 0.5) is 10.1 Å². The van der Waals surface area contributed by atoms with Crippen molar-refractivity contribution in [1.29, 1.82) is 0 Å². The summed E-state index contributed by atoms with van der Waals surface area (Å²) >= 11 is 0. The van der Waals surface area contributed by atoms with Gasteiger partial charge in [-0.25, -0.2) is 4.39 Å². The molecule has 0 aliphatic carbocycles. The van der Waals surface area contributed by atoms with E-state index >= 15 is 0 Å². The molecule has 1 aliphatic rings. The van der Waals surface area contributed by atoms with Gasteiger partial charge in [0.05, 0.1) is 30.5 Å². The molecule has 1 unspecified atom stereocenters. The first-order valence-electron chi connectivity index (χ1n) is 10.9. The lowest BCUT2D eigenvalue weighted by atomic mass is 10.0. The summed E-state index contributed by atoms with van der Waals surface area (Å²) in [6.45, 7) is 3.01. The zero-order valence-electron chi connectivity index (χ0n) is 18.2. The molecule has 1 aliphatic heterocycles. The maximum absolute atomic E-state index is 13.5. The first kappa shape index (κ1) is 22.6. The molecule has 1 fully saturated rings. The van der Waals surface area contributed by atoms with Crippen molar-refractivity contribution in [3.05, 3.63) is 101 Å². The molecule has 2 N–H and O–H groups in total. The second-order valence-electron chi connectivity index (χ2n) is 7.79. The van der Waals surface area contributed by atoms with Crippen LogP contribution in [0.5, 0.6) is 0 Å². The lowest BCUT2D eigenvalue weighted by molar-refractivity contribution is 0.0162. The van der Waals surface area contributed by atoms with E-state index in [-0.39, 0.29) is 23.7 Å². The fourth-order valence-electron chi connectivity index (χ4n) is 3.89. The summed E-state index contributed by atoms with van der Waals surface area (Å²) < 4.78 is 18.9. The predicted molar refractivity (Wildman–Crippen MR) is 125 cm³/mol. The van der Waals surface area contributed by atoms with Gasteiger partial charge in [-0.1, -0.05) is 42.5 Å². The van der Waals surface area contributed by atoms with Crippen LogP contribution < -0.4 is 10.6 Å². The molecule has 33 heavy (non-hydrogen) atoms. The van der Waals surface area contributed by atoms with Gasteiger partial charge in [0.25, 0.3) is 11.8 Å². The monoisotopic (exact) mass is 447 g/mol. The van der Waals surface area contributed by atoms with Gasteiger partial charge in [0.2, 0.25) is 0 Å². The molecule has 7 heteroatoms. The summed E-state index contributed by atoms with van der Waals surface area (Å²) in [7, 11) is 0. The van der Waals surface area contributed by atoms with Crippen molar-refractivity contribution in [1.82, 2.24) is 10.2 Å². The number of carbonyl (C=O) groups excluding carboxylic acids is 2. The topological polar surface area (TPSA) is 70.7 Å². The van der Waals surface area contributed by atoms with E-state index in [1.807, 2.05) is 6.07 Å². The summed E-state index contributed by atoms with van der Waals surface area (Å²) in [6, 6.07) is 22.0. The number of ether oxygens (including phenoxy) is 1. The Bertz CT molecular complexity index is 1080. The summed E-state index contributed by atoms with van der Waals surface area (Å²) in [5.74, 6) is -0.876. The molecule has 4 rings (SSSR count). The Morgan fingerprint density at radius 1 is 0.879 bits per heavy atom. The summed E-state index contributed by atoms with van der Waals surface area (Å²) in [5, 5.41) is 5.82. The lowest BCUT2D eigenvalue weighted by Gasteiger charge is -2.35. The molecule has 2 amide bonds. The third kappa shape index (κ3) is 5.83. The highest BCUT2D eigenvalue weighted by atomic mass is 19.1. The fraction of sp³-hybridized carbons (Fsp3) is 0.231. The molecule has 3 aromatic carbocycles. The van der Waals surface area contributed by atoms with Gasteiger partial charge in [-0.2, -0.15) is 0 Å². The van der Waals surface area contributed by atoms with Crippen molar-refractivity contribution in [2.45, 2.75) is 6.04 Å². The number of morpholine rings is 1. The third-order valence-corrected chi connectivity index (χ3v) is 5.65. The van der Waals surface area contributed by atoms with Crippen molar-refractivity contribution in [3.8, 4) is 0 Å². The number of para-hydroxylation sites is 1. The largest absolute Gasteiger partial charge is 0.379 e. The number of amides is 2. The lowest BCUT2D eigenvalue weighted by Crippen LogP contribution is -2.43. The highest BCUT2D eigenvalue weighted by molar-refractivity contribution is 6.08. The van der Waals surface area contributed by atoms with E-state index in [1.165, 1.54) is 12.1 Å². The quantitative estimate of drug-likeness (QED) is 0.577. The number of halogens is 1. The number of anilines is 1. The molecule has 1 saturated heterocycles. The van der Waals surface area contributed by atoms with E-state index in [0.717, 1.165) is 18.7 Å². The average Bonchev–Trinajstić information content (AvgIpc) is 2.86. The first-order valence-corrected chi connectivity index (χ1v) is 10.9. The molecule has 0 saturated carbocycles. The van der Waals surface area contributed by atoms with Gasteiger partial charge in [0, 0.05) is 25.2 Å². The number of benzene rings is 3. The number of hydrogen-bond donors (Lipinski definition) is 2. The summed E-state index contributed by atoms with van der Waals surface area (Å²) in [5.41, 5.74) is 2.25. The third-order valence-electron chi connectivity index (χ3n) is 5.65. The minimum Gasteiger partial charge on any atom is -0.379 e. The van der Waals surface area contributed by atoms with E-state index < -0.39 is 0 Å². The molecule has 1 heterocycles. The Morgan fingerprint density at radius 3 is 2.27 bits per heavy atom. The molecule has 1 atom stereocenters. The zero-order valence-corrected chi connectivity index (χ0v) is 18.2. The number of nitrogens with zero attached hydrogens (tertiary/aromatic N) is 1. The van der Waals surface area contributed by atoms with Crippen molar-refractivity contribution >= 4 is 17.5 Å². The van der Waals surface area contributed by atoms with Crippen LogP contribution in [-0.2, 0) is 4.74 Å². The Kier molecular flexibility index (Phi) is 7.44. The molecule has 170 valence electrons. The van der Waals surface area contributed by atoms with Crippen molar-refractivity contribution < 1.29 is 18.7 Å². The molecule has 0 spiro atoms. The molecule has 0 aromatic heterocycles. The molecule has 0 radical (unpaired) electrons. The van der Waals surface area contributed by atoms with Gasteiger partial charge in [-0.05, 0) is 42.0 Å². The summed E-state index contributed by atoms with van der Waals surface area (Å²) in [4.78, 5) is 27.9. The number of rotatable bonds is 7. The number of carbonyl (C=O) groups is 2. The Balaban J connectivity index is 1.48. The van der Waals surface area contributed by atoms with Crippen molar-refractivity contribution in [2.75, 3.05) is 38.2 Å². The maximum atomic E-state index is 13.5. The molecule has 6 nitrogen and oxygen atoms in total. The van der Waals surface area contributed by atoms with Crippen LogP contribution in [0.1, 0.15) is 32.3 Å². The van der Waals surface area contributed by atoms with E-state index in [0.29, 0.717) is 36.6 Å². The smallest absolute Gasteiger partial charge is 0.255 e. The van der Waals surface area contributed by atoms with Crippen LogP contribution >= 0.6 is 0 Å². The Hall–Kier alpha value is -3.55. The van der Waals surface area contributed by atoms with Crippen LogP contribution in [0, 0.1) is 5.82 Å². The molecular formula is C26H26FN3O3. The van der Waals surface area contributed by atoms with Gasteiger partial charge in [0.1, 0.15) is 5.82 Å². The predicted octanol–water partition coefficient (Wildman–Crippen LogP) is 3.88. The van der Waals surface area contributed by atoms with Crippen LogP contribution in [0.3, 0.4) is 0 Å². The molecular weight excluding hydrogens is 421 g/mol. The molecule has 0 bridgehead atoms. The highest BCUT2D eigenvalue weighted by Crippen LogP contribution is 2.23. The van der Waals surface area contributed by atoms with Gasteiger partial charge >= 0.3 is 0 Å². The maximum Gasteiger partial charge on any atom is 0.255 e. The average molecular weight is 448 g/mol. The zero-order chi connectivity index (χ0) is 23.0. The van der Waals surface area contributed by atoms with Crippen LogP contribution in [0.15, 0.2) is 78.9 Å². The van der Waals surface area contributed by atoms with Gasteiger partial charge in [-0.15, -0.1) is 0 Å². The second kappa shape index (κ2) is 10.8. The van der Waals surface area contributed by atoms with Gasteiger partial charge < -0.3 is 15.4 Å². The minimum atomic E-state index is -0.299. The van der Waals surface area contributed by atoms with Crippen LogP contribution in [0.25, 0.3) is 0 Å². The highest BCUT2D eigenvalue weighted by Gasteiger charge is 2.24. The van der Waals surface area contributed by atoms with Crippen molar-refractivity contribution in [2.24, 2.45) is 0 Å². The SMILES string of the molecule is O=C(Nc1ccccc1C(=O)NCC(c1ccc(F)cc1)N1CCOCC1)c1ccccc1. The van der Waals surface area contributed by atoms with E-state index in [1.54, 1.807) is 60.7 Å². The standard InChI is InChI=1S/C26H26FN3O3/c27-21-12-10-19(11-13-21)24(30-14-16-33-17-15-30)18-28-26(32)22-8-4-5-9-23(22)29-25(31)20-6-2-1-3-7-20/h1-13,24H,14-18H2,(H,28,32)(H,29,31). The minimum absolute atomic E-state index is 0.121. The van der Waals surface area contributed by atoms with Gasteiger partial charge in [-0.3, -0.25) is 14.5 Å². The van der Waals surface area contributed by atoms with Crippen molar-refractivity contribution in [3.63, 3.8) is 0 Å².